The molecule has 0 amide bonds. The van der Waals surface area contributed by atoms with Crippen LogP contribution in [0.25, 0.3) is 0 Å². The summed E-state index contributed by atoms with van der Waals surface area (Å²) < 4.78 is 76.5. The maximum Gasteiger partial charge on any atom is 0.417 e. The normalized spacial score (nSPS) is 11.9. The van der Waals surface area contributed by atoms with E-state index in [1.54, 1.807) is 0 Å². The van der Waals surface area contributed by atoms with Crippen molar-refractivity contribution < 1.29 is 26.3 Å². The summed E-state index contributed by atoms with van der Waals surface area (Å²) in [6, 6.07) is -0.185. The van der Waals surface area contributed by atoms with Crippen LogP contribution in [0, 0.1) is 17.5 Å². The second kappa shape index (κ2) is 5.16. The Hall–Kier alpha value is -2.26. The summed E-state index contributed by atoms with van der Waals surface area (Å²) in [4.78, 5) is 0. The molecule has 0 saturated heterocycles. The molecule has 1 aromatic carbocycles. The number of hydrogen-bond acceptors (Lipinski definition) is 2. The van der Waals surface area contributed by atoms with Crippen LogP contribution in [0.2, 0.25) is 0 Å². The topological polar surface area (TPSA) is 76.8 Å². The van der Waals surface area contributed by atoms with Crippen molar-refractivity contribution >= 4 is 12.2 Å². The van der Waals surface area contributed by atoms with Crippen molar-refractivity contribution in [3.05, 3.63) is 34.6 Å². The number of nitrogens with two attached hydrogens (primary N) is 2. The van der Waals surface area contributed by atoms with Crippen molar-refractivity contribution in [3.8, 4) is 0 Å². The molecule has 0 radical (unpaired) electrons. The third kappa shape index (κ3) is 3.36. The van der Waals surface area contributed by atoms with Gasteiger partial charge in [-0.1, -0.05) is 0 Å². The Labute approximate surface area is 102 Å². The summed E-state index contributed by atoms with van der Waals surface area (Å²) in [6.45, 7) is 0. The molecule has 0 aromatic heterocycles. The van der Waals surface area contributed by atoms with Gasteiger partial charge in [0.1, 0.15) is 0 Å². The fourth-order valence-electron chi connectivity index (χ4n) is 1.12. The molecule has 0 atom stereocenters. The summed E-state index contributed by atoms with van der Waals surface area (Å²) >= 11 is 0. The predicted octanol–water partition coefficient (Wildman–Crippen LogP) is 1.73. The van der Waals surface area contributed by atoms with E-state index in [0.717, 1.165) is 0 Å². The van der Waals surface area contributed by atoms with Crippen molar-refractivity contribution in [1.82, 2.24) is 0 Å². The zero-order valence-electron chi connectivity index (χ0n) is 8.97. The van der Waals surface area contributed by atoms with E-state index < -0.39 is 40.7 Å². The Bertz CT molecular complexity index is 545. The van der Waals surface area contributed by atoms with Crippen LogP contribution in [0.1, 0.15) is 11.1 Å². The number of rotatable bonds is 2. The molecule has 0 saturated carbocycles. The monoisotopic (exact) mass is 284 g/mol. The van der Waals surface area contributed by atoms with Crippen LogP contribution in [0.15, 0.2) is 16.3 Å². The van der Waals surface area contributed by atoms with Crippen LogP contribution in [-0.4, -0.2) is 12.2 Å². The Balaban J connectivity index is 3.47. The fraction of sp³-hybridized carbons (Fsp3) is 0.111. The number of benzene rings is 1. The van der Waals surface area contributed by atoms with Gasteiger partial charge in [-0.25, -0.2) is 13.2 Å². The van der Waals surface area contributed by atoms with Crippen LogP contribution in [0.5, 0.6) is 0 Å². The van der Waals surface area contributed by atoms with Crippen molar-refractivity contribution in [2.75, 3.05) is 0 Å². The van der Waals surface area contributed by atoms with Gasteiger partial charge >= 0.3 is 6.18 Å². The number of nitrogens with zero attached hydrogens (tertiary/aromatic N) is 2. The van der Waals surface area contributed by atoms with E-state index in [2.05, 4.69) is 10.2 Å². The average molecular weight is 284 g/mol. The number of halogens is 6. The lowest BCUT2D eigenvalue weighted by Crippen LogP contribution is -2.21. The van der Waals surface area contributed by atoms with Crippen LogP contribution >= 0.6 is 0 Å². The molecule has 4 N–H and O–H groups in total. The molecule has 0 aliphatic carbocycles. The maximum atomic E-state index is 13.3. The molecular weight excluding hydrogens is 278 g/mol. The number of alkyl halides is 3. The SMILES string of the molecule is NC(N)=NN=Cc1c(C(F)(F)F)cc(F)c(F)c1F. The van der Waals surface area contributed by atoms with E-state index >= 15 is 0 Å². The summed E-state index contributed by atoms with van der Waals surface area (Å²) in [5.41, 5.74) is 6.63. The molecule has 1 aromatic rings. The van der Waals surface area contributed by atoms with Gasteiger partial charge in [0.05, 0.1) is 11.8 Å². The van der Waals surface area contributed by atoms with E-state index in [1.807, 2.05) is 0 Å². The molecule has 0 aliphatic heterocycles. The van der Waals surface area contributed by atoms with Crippen LogP contribution < -0.4 is 11.5 Å². The van der Waals surface area contributed by atoms with Gasteiger partial charge in [0.2, 0.25) is 5.96 Å². The molecule has 10 heteroatoms. The van der Waals surface area contributed by atoms with Crippen molar-refractivity contribution in [2.45, 2.75) is 6.18 Å². The van der Waals surface area contributed by atoms with E-state index in [9.17, 15) is 26.3 Å². The third-order valence-corrected chi connectivity index (χ3v) is 1.87. The lowest BCUT2D eigenvalue weighted by Gasteiger charge is -2.11. The Morgan fingerprint density at radius 1 is 1.11 bits per heavy atom. The average Bonchev–Trinajstić information content (AvgIpc) is 2.27. The van der Waals surface area contributed by atoms with E-state index in [1.165, 1.54) is 0 Å². The summed E-state index contributed by atoms with van der Waals surface area (Å²) in [6.07, 6.45) is -4.87. The summed E-state index contributed by atoms with van der Waals surface area (Å²) in [5, 5.41) is 5.86. The van der Waals surface area contributed by atoms with Gasteiger partial charge in [-0.3, -0.25) is 0 Å². The van der Waals surface area contributed by atoms with E-state index in [0.29, 0.717) is 0 Å². The first-order valence-corrected chi connectivity index (χ1v) is 4.51. The minimum Gasteiger partial charge on any atom is -0.369 e. The Morgan fingerprint density at radius 2 is 1.68 bits per heavy atom. The number of guanidine groups is 1. The van der Waals surface area contributed by atoms with E-state index in [4.69, 9.17) is 11.5 Å². The quantitative estimate of drug-likeness (QED) is 0.285. The molecule has 0 heterocycles. The van der Waals surface area contributed by atoms with Crippen LogP contribution in [-0.2, 0) is 6.18 Å². The fourth-order valence-corrected chi connectivity index (χ4v) is 1.12. The molecule has 1 rings (SSSR count). The maximum absolute atomic E-state index is 13.3. The lowest BCUT2D eigenvalue weighted by molar-refractivity contribution is -0.138. The zero-order valence-corrected chi connectivity index (χ0v) is 8.97. The predicted molar refractivity (Wildman–Crippen MR) is 54.7 cm³/mol. The van der Waals surface area contributed by atoms with Crippen LogP contribution in [0.3, 0.4) is 0 Å². The zero-order chi connectivity index (χ0) is 14.8. The third-order valence-electron chi connectivity index (χ3n) is 1.87. The van der Waals surface area contributed by atoms with Gasteiger partial charge in [-0.2, -0.15) is 18.3 Å². The second-order valence-corrected chi connectivity index (χ2v) is 3.21. The highest BCUT2D eigenvalue weighted by molar-refractivity contribution is 5.83. The molecular formula is C9H6F6N4. The Kier molecular flexibility index (Phi) is 4.02. The van der Waals surface area contributed by atoms with Gasteiger partial charge in [-0.05, 0) is 6.07 Å². The first-order valence-electron chi connectivity index (χ1n) is 4.51. The van der Waals surface area contributed by atoms with Gasteiger partial charge in [0, 0.05) is 5.56 Å². The van der Waals surface area contributed by atoms with Crippen molar-refractivity contribution in [1.29, 1.82) is 0 Å². The van der Waals surface area contributed by atoms with E-state index in [-0.39, 0.29) is 12.3 Å². The van der Waals surface area contributed by atoms with Crippen molar-refractivity contribution in [3.63, 3.8) is 0 Å². The highest BCUT2D eigenvalue weighted by Crippen LogP contribution is 2.34. The van der Waals surface area contributed by atoms with Crippen molar-refractivity contribution in [2.24, 2.45) is 21.7 Å². The molecule has 0 spiro atoms. The van der Waals surface area contributed by atoms with Crippen LogP contribution in [0.4, 0.5) is 26.3 Å². The second-order valence-electron chi connectivity index (χ2n) is 3.21. The summed E-state index contributed by atoms with van der Waals surface area (Å²) in [7, 11) is 0. The minimum atomic E-state index is -5.10. The highest BCUT2D eigenvalue weighted by Gasteiger charge is 2.36. The molecule has 4 nitrogen and oxygen atoms in total. The van der Waals surface area contributed by atoms with Gasteiger partial charge in [0.25, 0.3) is 0 Å². The minimum absolute atomic E-state index is 0.185. The summed E-state index contributed by atoms with van der Waals surface area (Å²) in [5.74, 6) is -6.67. The number of hydrogen-bond donors (Lipinski definition) is 2. The standard InChI is InChI=1S/C9H6F6N4/c10-5-1-4(9(13,14)15)3(6(11)7(5)12)2-18-19-8(16)17/h1-2H,(H4,16,17,19). The molecule has 0 fully saturated rings. The molecule has 19 heavy (non-hydrogen) atoms. The largest absolute Gasteiger partial charge is 0.417 e. The highest BCUT2D eigenvalue weighted by atomic mass is 19.4. The molecule has 0 bridgehead atoms. The Morgan fingerprint density at radius 3 is 2.16 bits per heavy atom. The lowest BCUT2D eigenvalue weighted by atomic mass is 10.1. The van der Waals surface area contributed by atoms with Gasteiger partial charge in [0.15, 0.2) is 17.5 Å². The molecule has 0 aliphatic rings. The molecule has 104 valence electrons. The smallest absolute Gasteiger partial charge is 0.369 e. The first-order chi connectivity index (χ1) is 8.64. The van der Waals surface area contributed by atoms with Gasteiger partial charge < -0.3 is 11.5 Å². The molecule has 0 unspecified atom stereocenters. The van der Waals surface area contributed by atoms with Gasteiger partial charge in [-0.15, -0.1) is 5.10 Å². The first kappa shape index (κ1) is 14.8.